The van der Waals surface area contributed by atoms with E-state index in [1.165, 1.54) is 15.4 Å². The second-order valence-corrected chi connectivity index (χ2v) is 11.0. The van der Waals surface area contributed by atoms with Gasteiger partial charge in [0.15, 0.2) is 0 Å². The number of piperidine rings is 1. The van der Waals surface area contributed by atoms with Crippen molar-refractivity contribution in [3.63, 3.8) is 0 Å². The van der Waals surface area contributed by atoms with Crippen LogP contribution in [-0.4, -0.2) is 67.3 Å². The van der Waals surface area contributed by atoms with Crippen molar-refractivity contribution >= 4 is 27.5 Å². The Hall–Kier alpha value is -2.91. The van der Waals surface area contributed by atoms with Crippen LogP contribution in [0.25, 0.3) is 5.57 Å². The number of nitrogens with zero attached hydrogens (tertiary/aromatic N) is 2. The van der Waals surface area contributed by atoms with E-state index in [1.54, 1.807) is 20.8 Å². The van der Waals surface area contributed by atoms with Crippen LogP contribution in [0.3, 0.4) is 0 Å². The summed E-state index contributed by atoms with van der Waals surface area (Å²) in [5, 5.41) is 0. The van der Waals surface area contributed by atoms with E-state index in [0.717, 1.165) is 6.42 Å². The molecule has 2 aliphatic rings. The molecule has 0 spiro atoms. The fourth-order valence-corrected chi connectivity index (χ4v) is 6.93. The van der Waals surface area contributed by atoms with Crippen LogP contribution in [0.4, 0.5) is 0 Å². The summed E-state index contributed by atoms with van der Waals surface area (Å²) in [6.45, 7) is 6.88. The molecule has 1 fully saturated rings. The summed E-state index contributed by atoms with van der Waals surface area (Å²) in [6, 6.07) is 10.2. The average Bonchev–Trinajstić information content (AvgIpc) is 3.18. The van der Waals surface area contributed by atoms with Crippen LogP contribution in [0.5, 0.6) is 0 Å². The summed E-state index contributed by atoms with van der Waals surface area (Å²) in [5.74, 6) is -0.760. The van der Waals surface area contributed by atoms with Crippen molar-refractivity contribution in [3.05, 3.63) is 58.9 Å². The summed E-state index contributed by atoms with van der Waals surface area (Å²) in [7, 11) is -3.91. The number of hydrogen-bond donors (Lipinski definition) is 1. The first-order valence-electron chi connectivity index (χ1n) is 12.1. The van der Waals surface area contributed by atoms with Crippen molar-refractivity contribution in [3.8, 4) is 0 Å². The van der Waals surface area contributed by atoms with Crippen LogP contribution < -0.4 is 0 Å². The second-order valence-electron chi connectivity index (χ2n) is 9.11. The maximum atomic E-state index is 13.5. The third kappa shape index (κ3) is 5.06. The Morgan fingerprint density at radius 2 is 1.74 bits per heavy atom. The highest BCUT2D eigenvalue weighted by Crippen LogP contribution is 2.31. The predicted molar refractivity (Wildman–Crippen MR) is 133 cm³/mol. The van der Waals surface area contributed by atoms with E-state index in [2.05, 4.69) is 23.2 Å². The maximum absolute atomic E-state index is 13.5. The van der Waals surface area contributed by atoms with Crippen molar-refractivity contribution in [2.75, 3.05) is 32.8 Å². The van der Waals surface area contributed by atoms with Gasteiger partial charge in [0.2, 0.25) is 15.9 Å². The van der Waals surface area contributed by atoms with Gasteiger partial charge in [0.25, 0.3) is 0 Å². The third-order valence-electron chi connectivity index (χ3n) is 6.86. The van der Waals surface area contributed by atoms with E-state index < -0.39 is 16.0 Å². The Morgan fingerprint density at radius 3 is 2.34 bits per heavy atom. The van der Waals surface area contributed by atoms with Crippen molar-refractivity contribution in [2.24, 2.45) is 5.92 Å². The zero-order valence-electron chi connectivity index (χ0n) is 20.5. The molecule has 188 valence electrons. The minimum Gasteiger partial charge on any atom is -0.462 e. The van der Waals surface area contributed by atoms with E-state index in [1.807, 2.05) is 23.1 Å². The number of H-pyrrole nitrogens is 1. The molecule has 0 radical (unpaired) electrons. The molecule has 0 bridgehead atoms. The second kappa shape index (κ2) is 10.4. The lowest BCUT2D eigenvalue weighted by Crippen LogP contribution is -2.45. The van der Waals surface area contributed by atoms with E-state index >= 15 is 0 Å². The minimum absolute atomic E-state index is 0.0205. The lowest BCUT2D eigenvalue weighted by molar-refractivity contribution is -0.136. The van der Waals surface area contributed by atoms with Gasteiger partial charge in [-0.3, -0.25) is 4.79 Å². The lowest BCUT2D eigenvalue weighted by atomic mass is 9.94. The number of amides is 1. The number of aromatic nitrogens is 1. The number of rotatable bonds is 6. The molecule has 1 aromatic carbocycles. The molecule has 2 aromatic rings. The van der Waals surface area contributed by atoms with Crippen LogP contribution in [0.1, 0.15) is 53.5 Å². The summed E-state index contributed by atoms with van der Waals surface area (Å²) in [6.07, 6.45) is 3.85. The van der Waals surface area contributed by atoms with Crippen molar-refractivity contribution in [1.82, 2.24) is 14.2 Å². The number of sulfonamides is 1. The van der Waals surface area contributed by atoms with Crippen LogP contribution in [0.2, 0.25) is 0 Å². The summed E-state index contributed by atoms with van der Waals surface area (Å²) < 4.78 is 33.5. The van der Waals surface area contributed by atoms with Crippen molar-refractivity contribution in [1.29, 1.82) is 0 Å². The van der Waals surface area contributed by atoms with Gasteiger partial charge >= 0.3 is 5.97 Å². The molecule has 0 unspecified atom stereocenters. The molecule has 35 heavy (non-hydrogen) atoms. The number of carbonyl (C=O) groups excluding carboxylic acids is 2. The average molecular weight is 500 g/mol. The molecule has 2 aliphatic heterocycles. The monoisotopic (exact) mass is 499 g/mol. The normalized spacial score (nSPS) is 17.8. The van der Waals surface area contributed by atoms with E-state index in [9.17, 15) is 18.0 Å². The zero-order chi connectivity index (χ0) is 25.2. The number of carbonyl (C=O) groups is 2. The molecule has 1 aromatic heterocycles. The Morgan fingerprint density at radius 1 is 1.06 bits per heavy atom. The number of benzene rings is 1. The van der Waals surface area contributed by atoms with Gasteiger partial charge < -0.3 is 14.6 Å². The standard InChI is InChI=1S/C26H33N3O5S/c1-4-34-26(31)23-18(2)27-19(3)24(23)35(32,33)29-16-12-22(13-17-29)25(30)28-14-10-21(11-15-28)20-8-6-5-7-9-20/h5-10,22,27H,4,11-17H2,1-3H3. The van der Waals surface area contributed by atoms with Crippen LogP contribution in [-0.2, 0) is 19.6 Å². The summed E-state index contributed by atoms with van der Waals surface area (Å²) in [5.41, 5.74) is 3.40. The minimum atomic E-state index is -3.91. The smallest absolute Gasteiger partial charge is 0.341 e. The molecule has 1 amide bonds. The number of aryl methyl sites for hydroxylation is 2. The Kier molecular flexibility index (Phi) is 7.47. The van der Waals surface area contributed by atoms with Gasteiger partial charge in [0.05, 0.1) is 6.61 Å². The highest BCUT2D eigenvalue weighted by molar-refractivity contribution is 7.89. The van der Waals surface area contributed by atoms with Gasteiger partial charge in [-0.15, -0.1) is 0 Å². The molecule has 1 N–H and O–H groups in total. The van der Waals surface area contributed by atoms with Gasteiger partial charge in [-0.25, -0.2) is 13.2 Å². The van der Waals surface area contributed by atoms with E-state index in [4.69, 9.17) is 4.74 Å². The van der Waals surface area contributed by atoms with Gasteiger partial charge in [0.1, 0.15) is 10.5 Å². The lowest BCUT2D eigenvalue weighted by Gasteiger charge is -2.35. The molecule has 9 heteroatoms. The number of nitrogens with one attached hydrogen (secondary N) is 1. The number of aromatic amines is 1. The summed E-state index contributed by atoms with van der Waals surface area (Å²) in [4.78, 5) is 30.5. The topological polar surface area (TPSA) is 99.8 Å². The molecule has 3 heterocycles. The van der Waals surface area contributed by atoms with Crippen LogP contribution >= 0.6 is 0 Å². The Labute approximate surface area is 207 Å². The highest BCUT2D eigenvalue weighted by atomic mass is 32.2. The Bertz CT molecular complexity index is 1230. The van der Waals surface area contributed by atoms with Crippen molar-refractivity contribution < 1.29 is 22.7 Å². The number of ether oxygens (including phenoxy) is 1. The van der Waals surface area contributed by atoms with Gasteiger partial charge in [0, 0.05) is 43.5 Å². The Balaban J connectivity index is 1.42. The van der Waals surface area contributed by atoms with E-state index in [-0.39, 0.29) is 42.0 Å². The molecule has 1 saturated heterocycles. The first-order valence-corrected chi connectivity index (χ1v) is 13.6. The molecule has 8 nitrogen and oxygen atoms in total. The highest BCUT2D eigenvalue weighted by Gasteiger charge is 2.38. The van der Waals surface area contributed by atoms with Gasteiger partial charge in [-0.1, -0.05) is 36.4 Å². The molecular weight excluding hydrogens is 466 g/mol. The molecular formula is C26H33N3O5S. The number of hydrogen-bond acceptors (Lipinski definition) is 5. The fourth-order valence-electron chi connectivity index (χ4n) is 5.04. The van der Waals surface area contributed by atoms with E-state index in [0.29, 0.717) is 37.3 Å². The first-order chi connectivity index (χ1) is 16.7. The SMILES string of the molecule is CCOC(=O)c1c(C)[nH]c(C)c1S(=O)(=O)N1CCC(C(=O)N2CC=C(c3ccccc3)CC2)CC1. The molecule has 0 saturated carbocycles. The first kappa shape index (κ1) is 25.2. The van der Waals surface area contributed by atoms with Gasteiger partial charge in [-0.05, 0) is 51.2 Å². The van der Waals surface area contributed by atoms with Crippen LogP contribution in [0, 0.1) is 19.8 Å². The third-order valence-corrected chi connectivity index (χ3v) is 8.93. The molecule has 0 atom stereocenters. The van der Waals surface area contributed by atoms with Crippen molar-refractivity contribution in [2.45, 2.75) is 44.9 Å². The summed E-state index contributed by atoms with van der Waals surface area (Å²) >= 11 is 0. The molecule has 0 aliphatic carbocycles. The predicted octanol–water partition coefficient (Wildman–Crippen LogP) is 3.52. The molecule has 4 rings (SSSR count). The maximum Gasteiger partial charge on any atom is 0.341 e. The fraction of sp³-hybridized carbons (Fsp3) is 0.462. The number of esters is 1. The van der Waals surface area contributed by atoms with Crippen LogP contribution in [0.15, 0.2) is 41.3 Å². The zero-order valence-corrected chi connectivity index (χ0v) is 21.4. The van der Waals surface area contributed by atoms with Gasteiger partial charge in [-0.2, -0.15) is 4.31 Å². The quantitative estimate of drug-likeness (QED) is 0.613. The largest absolute Gasteiger partial charge is 0.462 e.